The van der Waals surface area contributed by atoms with Gasteiger partial charge in [-0.05, 0) is 81.3 Å². The number of carbonyl (C=O) groups is 3. The first-order valence-electron chi connectivity index (χ1n) is 31.0. The normalized spacial score (nSPS) is 29.7. The van der Waals surface area contributed by atoms with Gasteiger partial charge in [0.05, 0.1) is 30.2 Å². The van der Waals surface area contributed by atoms with Gasteiger partial charge in [-0.1, -0.05) is 103 Å². The molecule has 8 aliphatic rings. The zero-order valence-electron chi connectivity index (χ0n) is 51.0. The SMILES string of the molecule is C=C1O[C@H]2C(C)[C@@]1(CC)O[C@H]2n1cnc2c(NC(=O)c3ccccc3)ncnc21.CC[C@]12O[C@@H](n3cnc4c(N(C)C(=O)c5ccccc5)ncnc43)[C@@H](OC13CC3)C2C.CC[C@]12O[C@@H](n3cnc4c(NC(=O)c5ccccc5)ncnc43)[C@@H](OC13CC3)C2C. The number of ether oxygens (including phenoxy) is 6. The summed E-state index contributed by atoms with van der Waals surface area (Å²) in [6.07, 6.45) is 15.1. The molecule has 17 rings (SSSR count). The minimum atomic E-state index is -0.497. The molecule has 2 aliphatic carbocycles. The molecule has 0 radical (unpaired) electrons. The molecule has 24 heteroatoms. The number of aromatic nitrogens is 12. The summed E-state index contributed by atoms with van der Waals surface area (Å²) in [6.45, 7) is 17.0. The second-order valence-corrected chi connectivity index (χ2v) is 24.8. The van der Waals surface area contributed by atoms with Gasteiger partial charge in [0.25, 0.3) is 17.7 Å². The molecule has 12 atom stereocenters. The molecule has 2 spiro atoms. The van der Waals surface area contributed by atoms with E-state index in [0.29, 0.717) is 85.2 Å². The minimum Gasteiger partial charge on any atom is -0.487 e. The number of rotatable bonds is 12. The number of nitrogens with one attached hydrogen (secondary N) is 2. The van der Waals surface area contributed by atoms with Crippen LogP contribution in [0.1, 0.15) is 136 Å². The first-order chi connectivity index (χ1) is 43.6. The fraction of sp³-hybridized carbons (Fsp3) is 0.424. The predicted molar refractivity (Wildman–Crippen MR) is 329 cm³/mol. The average molecular weight is 1220 g/mol. The fourth-order valence-electron chi connectivity index (χ4n) is 15.5. The molecule has 3 amide bonds. The molecule has 6 saturated heterocycles. The number of hydrogen-bond donors (Lipinski definition) is 2. The van der Waals surface area contributed by atoms with Gasteiger partial charge in [-0.3, -0.25) is 33.0 Å². The number of hydrogen-bond acceptors (Lipinski definition) is 18. The van der Waals surface area contributed by atoms with Gasteiger partial charge in [-0.2, -0.15) is 0 Å². The number of nitrogens with zero attached hydrogens (tertiary/aromatic N) is 13. The first-order valence-corrected chi connectivity index (χ1v) is 31.0. The van der Waals surface area contributed by atoms with E-state index in [9.17, 15) is 14.4 Å². The van der Waals surface area contributed by atoms with Crippen LogP contribution in [0, 0.1) is 17.8 Å². The van der Waals surface area contributed by atoms with Gasteiger partial charge in [0.2, 0.25) is 0 Å². The molecule has 6 aromatic heterocycles. The molecule has 2 saturated carbocycles. The maximum absolute atomic E-state index is 12.9. The van der Waals surface area contributed by atoms with Crippen molar-refractivity contribution in [3.63, 3.8) is 0 Å². The van der Waals surface area contributed by atoms with Crippen molar-refractivity contribution in [3.8, 4) is 0 Å². The van der Waals surface area contributed by atoms with Gasteiger partial charge >= 0.3 is 0 Å². The molecule has 6 aliphatic heterocycles. The summed E-state index contributed by atoms with van der Waals surface area (Å²) in [5.74, 6) is 2.02. The zero-order valence-corrected chi connectivity index (χ0v) is 51.0. The second kappa shape index (κ2) is 21.4. The summed E-state index contributed by atoms with van der Waals surface area (Å²) in [5, 5.41) is 5.67. The van der Waals surface area contributed by atoms with Crippen molar-refractivity contribution in [1.82, 2.24) is 58.6 Å². The van der Waals surface area contributed by atoms with Gasteiger partial charge in [-0.25, -0.2) is 44.9 Å². The Morgan fingerprint density at radius 2 is 0.922 bits per heavy atom. The summed E-state index contributed by atoms with van der Waals surface area (Å²) >= 11 is 0. The van der Waals surface area contributed by atoms with Crippen LogP contribution in [-0.2, 0) is 28.4 Å². The van der Waals surface area contributed by atoms with Crippen LogP contribution in [0.4, 0.5) is 17.5 Å². The van der Waals surface area contributed by atoms with Crippen molar-refractivity contribution in [2.45, 2.75) is 151 Å². The summed E-state index contributed by atoms with van der Waals surface area (Å²) in [4.78, 5) is 79.2. The third-order valence-corrected chi connectivity index (χ3v) is 20.6. The Morgan fingerprint density at radius 3 is 1.34 bits per heavy atom. The van der Waals surface area contributed by atoms with Crippen LogP contribution < -0.4 is 15.5 Å². The first kappa shape index (κ1) is 57.5. The quantitative estimate of drug-likeness (QED) is 0.115. The van der Waals surface area contributed by atoms with Gasteiger partial charge in [0.15, 0.2) is 69.6 Å². The fourth-order valence-corrected chi connectivity index (χ4v) is 15.5. The Morgan fingerprint density at radius 1 is 0.511 bits per heavy atom. The Labute approximate surface area is 517 Å². The molecule has 3 unspecified atom stereocenters. The Kier molecular flexibility index (Phi) is 13.6. The number of amides is 3. The van der Waals surface area contributed by atoms with Gasteiger partial charge < -0.3 is 39.1 Å². The van der Waals surface area contributed by atoms with Crippen LogP contribution in [0.15, 0.2) is 141 Å². The van der Waals surface area contributed by atoms with Crippen LogP contribution >= 0.6 is 0 Å². The highest BCUT2D eigenvalue weighted by Gasteiger charge is 2.77. The van der Waals surface area contributed by atoms with Crippen molar-refractivity contribution >= 4 is 68.7 Å². The van der Waals surface area contributed by atoms with E-state index in [1.54, 1.807) is 62.4 Å². The third kappa shape index (κ3) is 8.50. The van der Waals surface area contributed by atoms with Crippen LogP contribution in [0.3, 0.4) is 0 Å². The van der Waals surface area contributed by atoms with Crippen LogP contribution in [-0.4, -0.2) is 130 Å². The van der Waals surface area contributed by atoms with E-state index in [-0.39, 0.29) is 83.0 Å². The van der Waals surface area contributed by atoms with E-state index in [1.165, 1.54) is 23.9 Å². The molecular weight excluding hydrogens is 1150 g/mol. The van der Waals surface area contributed by atoms with E-state index in [1.807, 2.05) is 68.3 Å². The van der Waals surface area contributed by atoms with Gasteiger partial charge in [-0.15, -0.1) is 0 Å². The Bertz CT molecular complexity index is 4290. The maximum atomic E-state index is 12.9. The molecule has 462 valence electrons. The van der Waals surface area contributed by atoms with Crippen LogP contribution in [0.25, 0.3) is 33.5 Å². The molecular formula is C66H69N15O9. The van der Waals surface area contributed by atoms with Crippen molar-refractivity contribution in [2.24, 2.45) is 17.8 Å². The largest absolute Gasteiger partial charge is 0.487 e. The average Bonchev–Trinajstić information content (AvgIpc) is 1.51. The number of fused-ring (bicyclic) bond motifs is 11. The van der Waals surface area contributed by atoms with E-state index in [2.05, 4.69) is 104 Å². The highest BCUT2D eigenvalue weighted by Crippen LogP contribution is 2.69. The van der Waals surface area contributed by atoms with Crippen molar-refractivity contribution in [1.29, 1.82) is 0 Å². The van der Waals surface area contributed by atoms with Crippen molar-refractivity contribution < 1.29 is 42.8 Å². The maximum Gasteiger partial charge on any atom is 0.259 e. The molecule has 9 aromatic rings. The van der Waals surface area contributed by atoms with E-state index in [4.69, 9.17) is 28.4 Å². The van der Waals surface area contributed by atoms with E-state index >= 15 is 0 Å². The van der Waals surface area contributed by atoms with E-state index < -0.39 is 5.60 Å². The predicted octanol–water partition coefficient (Wildman–Crippen LogP) is 9.98. The molecule has 6 bridgehead atoms. The summed E-state index contributed by atoms with van der Waals surface area (Å²) < 4.78 is 44.6. The number of imidazole rings is 3. The van der Waals surface area contributed by atoms with Crippen molar-refractivity contribution in [2.75, 3.05) is 22.6 Å². The highest BCUT2D eigenvalue weighted by atomic mass is 16.7. The summed E-state index contributed by atoms with van der Waals surface area (Å²) in [5.41, 5.74) is 3.91. The number of carbonyl (C=O) groups excluding carboxylic acids is 3. The molecule has 3 aromatic carbocycles. The molecule has 24 nitrogen and oxygen atoms in total. The Hall–Kier alpha value is -8.94. The number of anilines is 3. The van der Waals surface area contributed by atoms with Crippen molar-refractivity contribution in [3.05, 3.63) is 158 Å². The van der Waals surface area contributed by atoms with Gasteiger partial charge in [0, 0.05) is 41.5 Å². The molecule has 8 fully saturated rings. The van der Waals surface area contributed by atoms with Gasteiger partial charge in [0.1, 0.15) is 59.9 Å². The highest BCUT2D eigenvalue weighted by molar-refractivity contribution is 6.09. The lowest BCUT2D eigenvalue weighted by Crippen LogP contribution is -2.46. The summed E-state index contributed by atoms with van der Waals surface area (Å²) in [6, 6.07) is 27.1. The monoisotopic (exact) mass is 1220 g/mol. The number of benzene rings is 3. The van der Waals surface area contributed by atoms with Crippen LogP contribution in [0.2, 0.25) is 0 Å². The van der Waals surface area contributed by atoms with Crippen LogP contribution in [0.5, 0.6) is 0 Å². The smallest absolute Gasteiger partial charge is 0.259 e. The lowest BCUT2D eigenvalue weighted by Gasteiger charge is -2.38. The Balaban J connectivity index is 0.000000113. The lowest BCUT2D eigenvalue weighted by molar-refractivity contribution is -0.223. The molecule has 2 N–H and O–H groups in total. The minimum absolute atomic E-state index is 0.0397. The standard InChI is InChI=1S/C23H25N5O3.C22H23N5O3.C21H21N5O3/c1-4-23-14(2)17(30-22(23)10-11-22)21(31-23)28-13-26-16-18(24-12-25-19(16)28)27(3)20(29)15-8-6-5-7-9-15;1-3-22-13(2)16(29-21(22)9-10-21)20(30-22)27-12-25-15-17(23-11-24-18(15)27)26-19(28)14-7-5-4-6-8-14;1-4-21-12(2)16(28-13(21)3)20(29-21)26-11-24-15-17(22-10-23-18(15)26)25-19(27)14-8-6-5-7-9-14/h5-9,12-14,17,21H,4,10-11H2,1-3H3;4-8,11-13,16,20H,3,9-10H2,1-2H3,(H,23,24,26,28);5-12,16,20H,3-4H2,1-2H3,(H,22,23,25,27)/t14?,17-,21+,23+;13?,16-,20+,22+;12?,16-,20+,21+/m000/s1. The third-order valence-electron chi connectivity index (χ3n) is 20.6. The lowest BCUT2D eigenvalue weighted by atomic mass is 9.82. The van der Waals surface area contributed by atoms with E-state index in [0.717, 1.165) is 44.9 Å². The summed E-state index contributed by atoms with van der Waals surface area (Å²) in [7, 11) is 1.71. The molecule has 90 heavy (non-hydrogen) atoms. The topological polar surface area (TPSA) is 265 Å². The molecule has 12 heterocycles. The second-order valence-electron chi connectivity index (χ2n) is 24.8. The zero-order chi connectivity index (χ0) is 62.1.